The smallest absolute Gasteiger partial charge is 0.272 e. The van der Waals surface area contributed by atoms with Crippen molar-refractivity contribution in [2.75, 3.05) is 12.3 Å². The molecule has 0 bridgehead atoms. The second-order valence-electron chi connectivity index (χ2n) is 6.10. The van der Waals surface area contributed by atoms with E-state index in [-0.39, 0.29) is 11.9 Å². The van der Waals surface area contributed by atoms with Gasteiger partial charge in [0.25, 0.3) is 5.91 Å². The lowest BCUT2D eigenvalue weighted by molar-refractivity contribution is 0.0568. The van der Waals surface area contributed by atoms with E-state index in [1.54, 1.807) is 0 Å². The number of fused-ring (bicyclic) bond motifs is 1. The third kappa shape index (κ3) is 2.58. The highest BCUT2D eigenvalue weighted by atomic mass is 16.2. The van der Waals surface area contributed by atoms with Crippen LogP contribution in [0, 0.1) is 5.92 Å². The Balaban J connectivity index is 1.97. The van der Waals surface area contributed by atoms with E-state index in [4.69, 9.17) is 5.73 Å². The fourth-order valence-electron chi connectivity index (χ4n) is 3.05. The summed E-state index contributed by atoms with van der Waals surface area (Å²) in [4.78, 5) is 19.0. The van der Waals surface area contributed by atoms with Crippen LogP contribution in [0.4, 0.5) is 5.82 Å². The van der Waals surface area contributed by atoms with Crippen LogP contribution < -0.4 is 5.73 Å². The number of benzene rings is 1. The summed E-state index contributed by atoms with van der Waals surface area (Å²) in [6.45, 7) is 5.09. The van der Waals surface area contributed by atoms with Gasteiger partial charge in [-0.2, -0.15) is 0 Å². The number of pyridine rings is 1. The van der Waals surface area contributed by atoms with Gasteiger partial charge in [0.15, 0.2) is 0 Å². The van der Waals surface area contributed by atoms with Crippen molar-refractivity contribution in [2.24, 2.45) is 5.92 Å². The third-order valence-electron chi connectivity index (χ3n) is 4.37. The highest BCUT2D eigenvalue weighted by Crippen LogP contribution is 2.25. The predicted octanol–water partition coefficient (Wildman–Crippen LogP) is 3.08. The number of carbonyl (C=O) groups excluding carboxylic acids is 1. The minimum atomic E-state index is -0.00787. The molecule has 1 aliphatic rings. The summed E-state index contributed by atoms with van der Waals surface area (Å²) < 4.78 is 0. The first-order chi connectivity index (χ1) is 10.1. The van der Waals surface area contributed by atoms with Gasteiger partial charge in [0.2, 0.25) is 0 Å². The summed E-state index contributed by atoms with van der Waals surface area (Å²) in [6.07, 6.45) is 2.23. The number of nitrogen functional groups attached to an aromatic ring is 1. The molecule has 2 atom stereocenters. The molecule has 1 saturated heterocycles. The average Bonchev–Trinajstić information content (AvgIpc) is 2.49. The molecule has 21 heavy (non-hydrogen) atoms. The number of likely N-dealkylation sites (tertiary alicyclic amines) is 1. The number of anilines is 1. The molecule has 0 spiro atoms. The van der Waals surface area contributed by atoms with Crippen molar-refractivity contribution in [1.29, 1.82) is 0 Å². The molecule has 1 amide bonds. The number of hydrogen-bond donors (Lipinski definition) is 1. The van der Waals surface area contributed by atoms with Crippen LogP contribution in [-0.2, 0) is 0 Å². The monoisotopic (exact) mass is 283 g/mol. The second-order valence-corrected chi connectivity index (χ2v) is 6.10. The van der Waals surface area contributed by atoms with Gasteiger partial charge in [-0.15, -0.1) is 0 Å². The standard InChI is InChI=1S/C17H21N3O/c1-11-7-8-12(2)20(10-11)17(21)15-9-13-5-3-4-6-14(13)16(18)19-15/h3-6,9,11-12H,7-8,10H2,1-2H3,(H2,18,19). The highest BCUT2D eigenvalue weighted by Gasteiger charge is 2.28. The Kier molecular flexibility index (Phi) is 3.53. The second kappa shape index (κ2) is 5.35. The van der Waals surface area contributed by atoms with Gasteiger partial charge in [0, 0.05) is 18.0 Å². The van der Waals surface area contributed by atoms with Crippen molar-refractivity contribution in [3.05, 3.63) is 36.0 Å². The Morgan fingerprint density at radius 3 is 2.86 bits per heavy atom. The number of hydrogen-bond acceptors (Lipinski definition) is 3. The van der Waals surface area contributed by atoms with Crippen LogP contribution >= 0.6 is 0 Å². The van der Waals surface area contributed by atoms with Gasteiger partial charge in [-0.3, -0.25) is 4.79 Å². The first-order valence-corrected chi connectivity index (χ1v) is 7.52. The minimum absolute atomic E-state index is 0.00787. The Labute approximate surface area is 125 Å². The highest BCUT2D eigenvalue weighted by molar-refractivity contribution is 6.00. The molecule has 0 aliphatic carbocycles. The SMILES string of the molecule is CC1CCC(C)N(C(=O)c2cc3ccccc3c(N)n2)C1. The Bertz CT molecular complexity index is 683. The molecule has 0 saturated carbocycles. The van der Waals surface area contributed by atoms with E-state index in [0.29, 0.717) is 17.4 Å². The van der Waals surface area contributed by atoms with Crippen molar-refractivity contribution in [3.63, 3.8) is 0 Å². The van der Waals surface area contributed by atoms with Crippen LogP contribution in [-0.4, -0.2) is 28.4 Å². The molecule has 2 heterocycles. The van der Waals surface area contributed by atoms with E-state index in [1.807, 2.05) is 35.2 Å². The topological polar surface area (TPSA) is 59.2 Å². The Morgan fingerprint density at radius 1 is 1.29 bits per heavy atom. The van der Waals surface area contributed by atoms with Gasteiger partial charge >= 0.3 is 0 Å². The van der Waals surface area contributed by atoms with Gasteiger partial charge < -0.3 is 10.6 Å². The maximum Gasteiger partial charge on any atom is 0.272 e. The lowest BCUT2D eigenvalue weighted by Crippen LogP contribution is -2.45. The molecule has 1 aliphatic heterocycles. The Morgan fingerprint density at radius 2 is 2.05 bits per heavy atom. The minimum Gasteiger partial charge on any atom is -0.383 e. The molecule has 2 N–H and O–H groups in total. The molecule has 1 fully saturated rings. The summed E-state index contributed by atoms with van der Waals surface area (Å²) in [6, 6.07) is 9.88. The first kappa shape index (κ1) is 13.9. The largest absolute Gasteiger partial charge is 0.383 e. The molecule has 4 nitrogen and oxygen atoms in total. The van der Waals surface area contributed by atoms with Gasteiger partial charge in [-0.25, -0.2) is 4.98 Å². The van der Waals surface area contributed by atoms with Crippen LogP contribution in [0.1, 0.15) is 37.2 Å². The van der Waals surface area contributed by atoms with Gasteiger partial charge in [-0.1, -0.05) is 31.2 Å². The quantitative estimate of drug-likeness (QED) is 0.875. The molecule has 3 rings (SSSR count). The molecule has 4 heteroatoms. The van der Waals surface area contributed by atoms with E-state index in [2.05, 4.69) is 18.8 Å². The van der Waals surface area contributed by atoms with Crippen LogP contribution in [0.25, 0.3) is 10.8 Å². The van der Waals surface area contributed by atoms with Gasteiger partial charge in [0.1, 0.15) is 11.5 Å². The van der Waals surface area contributed by atoms with E-state index >= 15 is 0 Å². The van der Waals surface area contributed by atoms with Crippen molar-refractivity contribution in [2.45, 2.75) is 32.7 Å². The van der Waals surface area contributed by atoms with Crippen molar-refractivity contribution in [1.82, 2.24) is 9.88 Å². The number of nitrogens with zero attached hydrogens (tertiary/aromatic N) is 2. The Hall–Kier alpha value is -2.10. The van der Waals surface area contributed by atoms with Gasteiger partial charge in [0.05, 0.1) is 0 Å². The van der Waals surface area contributed by atoms with E-state index in [9.17, 15) is 4.79 Å². The first-order valence-electron chi connectivity index (χ1n) is 7.52. The van der Waals surface area contributed by atoms with Crippen molar-refractivity contribution < 1.29 is 4.79 Å². The fraction of sp³-hybridized carbons (Fsp3) is 0.412. The zero-order valence-electron chi connectivity index (χ0n) is 12.5. The molecular formula is C17H21N3O. The van der Waals surface area contributed by atoms with E-state index in [1.165, 1.54) is 6.42 Å². The third-order valence-corrected chi connectivity index (χ3v) is 4.37. The van der Waals surface area contributed by atoms with Crippen molar-refractivity contribution in [3.8, 4) is 0 Å². The molecule has 110 valence electrons. The van der Waals surface area contributed by atoms with Crippen LogP contribution in [0.5, 0.6) is 0 Å². The maximum absolute atomic E-state index is 12.8. The summed E-state index contributed by atoms with van der Waals surface area (Å²) >= 11 is 0. The zero-order chi connectivity index (χ0) is 15.0. The van der Waals surface area contributed by atoms with Gasteiger partial charge in [-0.05, 0) is 37.1 Å². The molecule has 1 aromatic carbocycles. The maximum atomic E-state index is 12.8. The molecular weight excluding hydrogens is 262 g/mol. The molecule has 2 unspecified atom stereocenters. The summed E-state index contributed by atoms with van der Waals surface area (Å²) in [5, 5.41) is 1.86. The van der Waals surface area contributed by atoms with Crippen LogP contribution in [0.3, 0.4) is 0 Å². The van der Waals surface area contributed by atoms with E-state index in [0.717, 1.165) is 23.7 Å². The lowest BCUT2D eigenvalue weighted by atomic mass is 9.94. The molecule has 0 radical (unpaired) electrons. The predicted molar refractivity (Wildman–Crippen MR) is 85.1 cm³/mol. The number of aromatic nitrogens is 1. The molecule has 1 aromatic heterocycles. The van der Waals surface area contributed by atoms with Crippen LogP contribution in [0.15, 0.2) is 30.3 Å². The van der Waals surface area contributed by atoms with E-state index < -0.39 is 0 Å². The summed E-state index contributed by atoms with van der Waals surface area (Å²) in [5.41, 5.74) is 6.46. The lowest BCUT2D eigenvalue weighted by Gasteiger charge is -2.36. The van der Waals surface area contributed by atoms with Crippen molar-refractivity contribution >= 4 is 22.5 Å². The number of amides is 1. The normalized spacial score (nSPS) is 22.5. The fourth-order valence-corrected chi connectivity index (χ4v) is 3.05. The number of rotatable bonds is 1. The summed E-state index contributed by atoms with van der Waals surface area (Å²) in [5.74, 6) is 0.962. The summed E-state index contributed by atoms with van der Waals surface area (Å²) in [7, 11) is 0. The number of carbonyl (C=O) groups is 1. The average molecular weight is 283 g/mol. The zero-order valence-corrected chi connectivity index (χ0v) is 12.5. The number of nitrogens with two attached hydrogens (primary N) is 1. The number of piperidine rings is 1. The van der Waals surface area contributed by atoms with Crippen LogP contribution in [0.2, 0.25) is 0 Å². The molecule has 2 aromatic rings.